The zero-order chi connectivity index (χ0) is 22.2. The zero-order valence-corrected chi connectivity index (χ0v) is 20.5. The molecule has 31 heavy (non-hydrogen) atoms. The molecule has 0 aliphatic heterocycles. The van der Waals surface area contributed by atoms with Crippen LogP contribution in [0, 0.1) is 0 Å². The van der Waals surface area contributed by atoms with Crippen LogP contribution in [-0.2, 0) is 6.42 Å². The molecular formula is C28H45BN2. The minimum atomic E-state index is 0.587. The van der Waals surface area contributed by atoms with Crippen LogP contribution >= 0.6 is 0 Å². The third-order valence-electron chi connectivity index (χ3n) is 6.50. The molecule has 0 aromatic carbocycles. The first-order valence-corrected chi connectivity index (χ1v) is 13.2. The number of nitrogens with zero attached hydrogens (tertiary/aromatic N) is 2. The molecule has 0 aliphatic rings. The topological polar surface area (TPSA) is 25.8 Å². The van der Waals surface area contributed by atoms with E-state index in [1.165, 1.54) is 101 Å². The lowest BCUT2D eigenvalue weighted by molar-refractivity contribution is 0.584. The van der Waals surface area contributed by atoms with Crippen molar-refractivity contribution >= 4 is 7.85 Å². The van der Waals surface area contributed by atoms with Gasteiger partial charge in [0.05, 0.1) is 11.4 Å². The maximum atomic E-state index is 4.64. The average Bonchev–Trinajstić information content (AvgIpc) is 2.81. The molecule has 2 aromatic rings. The van der Waals surface area contributed by atoms with Crippen molar-refractivity contribution in [2.45, 2.75) is 116 Å². The largest absolute Gasteiger partial charge is 0.255 e. The lowest BCUT2D eigenvalue weighted by Crippen LogP contribution is -2.00. The number of aryl methyl sites for hydroxylation is 1. The molecule has 170 valence electrons. The predicted octanol–water partition coefficient (Wildman–Crippen LogP) is 7.86. The third-order valence-corrected chi connectivity index (χ3v) is 6.50. The number of pyridine rings is 2. The molecule has 0 saturated heterocycles. The van der Waals surface area contributed by atoms with Gasteiger partial charge in [-0.25, -0.2) is 0 Å². The van der Waals surface area contributed by atoms with Gasteiger partial charge in [0.25, 0.3) is 0 Å². The Morgan fingerprint density at radius 2 is 1.23 bits per heavy atom. The molecule has 2 heterocycles. The van der Waals surface area contributed by atoms with Crippen molar-refractivity contribution in [3.05, 3.63) is 47.8 Å². The van der Waals surface area contributed by atoms with Gasteiger partial charge in [-0.1, -0.05) is 97.3 Å². The Hall–Kier alpha value is -1.64. The SMILES string of the molecule is BC(CCCCCCCC)c1ccnc(-c2cc(CCCCCCCCC)ccn2)c1. The van der Waals surface area contributed by atoms with Crippen molar-refractivity contribution < 1.29 is 0 Å². The van der Waals surface area contributed by atoms with Gasteiger partial charge < -0.3 is 0 Å². The summed E-state index contributed by atoms with van der Waals surface area (Å²) in [7, 11) is 2.36. The van der Waals surface area contributed by atoms with Gasteiger partial charge in [-0.3, -0.25) is 9.97 Å². The Morgan fingerprint density at radius 1 is 0.677 bits per heavy atom. The molecule has 1 atom stereocenters. The van der Waals surface area contributed by atoms with Gasteiger partial charge in [0.15, 0.2) is 0 Å². The van der Waals surface area contributed by atoms with Gasteiger partial charge >= 0.3 is 0 Å². The van der Waals surface area contributed by atoms with E-state index in [-0.39, 0.29) is 0 Å². The summed E-state index contributed by atoms with van der Waals surface area (Å²) in [5, 5.41) is 0. The van der Waals surface area contributed by atoms with Crippen LogP contribution in [0.4, 0.5) is 0 Å². The maximum absolute atomic E-state index is 4.64. The lowest BCUT2D eigenvalue weighted by atomic mass is 9.77. The predicted molar refractivity (Wildman–Crippen MR) is 138 cm³/mol. The van der Waals surface area contributed by atoms with Crippen molar-refractivity contribution in [3.8, 4) is 11.4 Å². The van der Waals surface area contributed by atoms with Crippen molar-refractivity contribution in [2.24, 2.45) is 0 Å². The Morgan fingerprint density at radius 3 is 1.90 bits per heavy atom. The molecule has 0 aliphatic carbocycles. The number of unbranched alkanes of at least 4 members (excludes halogenated alkanes) is 11. The molecule has 2 nitrogen and oxygen atoms in total. The van der Waals surface area contributed by atoms with Gasteiger partial charge in [0.2, 0.25) is 0 Å². The van der Waals surface area contributed by atoms with E-state index < -0.39 is 0 Å². The minimum Gasteiger partial charge on any atom is -0.255 e. The number of rotatable bonds is 17. The fourth-order valence-electron chi connectivity index (χ4n) is 4.35. The van der Waals surface area contributed by atoms with E-state index in [2.05, 4.69) is 55.9 Å². The summed E-state index contributed by atoms with van der Waals surface area (Å²) in [5.41, 5.74) is 4.84. The molecule has 0 spiro atoms. The van der Waals surface area contributed by atoms with E-state index in [0.29, 0.717) is 5.82 Å². The molecule has 0 fully saturated rings. The summed E-state index contributed by atoms with van der Waals surface area (Å²) in [6.07, 6.45) is 24.0. The second kappa shape index (κ2) is 16.1. The fourth-order valence-corrected chi connectivity index (χ4v) is 4.35. The Labute approximate surface area is 193 Å². The van der Waals surface area contributed by atoms with Gasteiger partial charge in [0.1, 0.15) is 7.85 Å². The first-order valence-electron chi connectivity index (χ1n) is 13.2. The van der Waals surface area contributed by atoms with Gasteiger partial charge in [-0.15, -0.1) is 0 Å². The first kappa shape index (κ1) is 25.6. The maximum Gasteiger partial charge on any atom is 0.111 e. The zero-order valence-electron chi connectivity index (χ0n) is 20.5. The molecule has 3 heteroatoms. The number of hydrogen-bond donors (Lipinski definition) is 0. The van der Waals surface area contributed by atoms with Crippen LogP contribution in [0.15, 0.2) is 36.7 Å². The smallest absolute Gasteiger partial charge is 0.111 e. The van der Waals surface area contributed by atoms with Crippen molar-refractivity contribution in [1.82, 2.24) is 9.97 Å². The minimum absolute atomic E-state index is 0.587. The summed E-state index contributed by atoms with van der Waals surface area (Å²) < 4.78 is 0. The highest BCUT2D eigenvalue weighted by Crippen LogP contribution is 2.24. The second-order valence-electron chi connectivity index (χ2n) is 9.35. The van der Waals surface area contributed by atoms with Crippen molar-refractivity contribution in [1.29, 1.82) is 0 Å². The van der Waals surface area contributed by atoms with Gasteiger partial charge in [-0.2, -0.15) is 0 Å². The molecule has 0 radical (unpaired) electrons. The second-order valence-corrected chi connectivity index (χ2v) is 9.35. The fraction of sp³-hybridized carbons (Fsp3) is 0.643. The summed E-state index contributed by atoms with van der Waals surface area (Å²) in [5.74, 6) is 0.587. The van der Waals surface area contributed by atoms with Crippen LogP contribution in [0.5, 0.6) is 0 Å². The van der Waals surface area contributed by atoms with E-state index in [9.17, 15) is 0 Å². The van der Waals surface area contributed by atoms with Crippen LogP contribution < -0.4 is 0 Å². The third kappa shape index (κ3) is 10.5. The monoisotopic (exact) mass is 420 g/mol. The summed E-state index contributed by atoms with van der Waals surface area (Å²) >= 11 is 0. The summed E-state index contributed by atoms with van der Waals surface area (Å²) in [6.45, 7) is 4.56. The lowest BCUT2D eigenvalue weighted by Gasteiger charge is -2.13. The Kier molecular flexibility index (Phi) is 13.3. The van der Waals surface area contributed by atoms with Crippen LogP contribution in [0.3, 0.4) is 0 Å². The van der Waals surface area contributed by atoms with E-state index in [1.54, 1.807) is 0 Å². The first-order chi connectivity index (χ1) is 15.2. The standard InChI is InChI=1S/C28H45BN2/c1-3-5-7-9-11-12-14-16-24-18-20-30-27(22-24)28-23-25(19-21-31-28)26(29)17-15-13-10-8-6-4-2/h18-23,26H,3-17,29H2,1-2H3. The molecule has 0 bridgehead atoms. The highest BCUT2D eigenvalue weighted by molar-refractivity contribution is 6.12. The van der Waals surface area contributed by atoms with Crippen LogP contribution in [0.25, 0.3) is 11.4 Å². The van der Waals surface area contributed by atoms with Crippen LogP contribution in [0.1, 0.15) is 121 Å². The molecule has 0 saturated carbocycles. The molecule has 0 amide bonds. The van der Waals surface area contributed by atoms with Crippen molar-refractivity contribution in [2.75, 3.05) is 0 Å². The quantitative estimate of drug-likeness (QED) is 0.192. The highest BCUT2D eigenvalue weighted by atomic mass is 14.8. The highest BCUT2D eigenvalue weighted by Gasteiger charge is 2.09. The Bertz CT molecular complexity index is 716. The molecule has 0 N–H and O–H groups in total. The number of aromatic nitrogens is 2. The average molecular weight is 420 g/mol. The van der Waals surface area contributed by atoms with Gasteiger partial charge in [-0.05, 0) is 54.1 Å². The van der Waals surface area contributed by atoms with E-state index in [1.807, 2.05) is 12.4 Å². The Balaban J connectivity index is 1.82. The number of hydrogen-bond acceptors (Lipinski definition) is 2. The van der Waals surface area contributed by atoms with Crippen molar-refractivity contribution in [3.63, 3.8) is 0 Å². The van der Waals surface area contributed by atoms with E-state index in [0.717, 1.165) is 17.8 Å². The van der Waals surface area contributed by atoms with E-state index >= 15 is 0 Å². The van der Waals surface area contributed by atoms with Crippen LogP contribution in [-0.4, -0.2) is 17.8 Å². The summed E-state index contributed by atoms with van der Waals surface area (Å²) in [4.78, 5) is 9.27. The molecule has 2 aromatic heterocycles. The summed E-state index contributed by atoms with van der Waals surface area (Å²) in [6, 6.07) is 8.88. The van der Waals surface area contributed by atoms with E-state index in [4.69, 9.17) is 0 Å². The normalized spacial score (nSPS) is 12.2. The molecule has 1 unspecified atom stereocenters. The molecule has 2 rings (SSSR count). The molecular weight excluding hydrogens is 375 g/mol. The van der Waals surface area contributed by atoms with Crippen LogP contribution in [0.2, 0.25) is 0 Å². The van der Waals surface area contributed by atoms with Gasteiger partial charge in [0, 0.05) is 12.4 Å².